The van der Waals surface area contributed by atoms with Crippen LogP contribution < -0.4 is 10.1 Å². The van der Waals surface area contributed by atoms with E-state index in [1.807, 2.05) is 0 Å². The number of hydrogen-bond acceptors (Lipinski definition) is 4. The summed E-state index contributed by atoms with van der Waals surface area (Å²) < 4.78 is 5.84. The highest BCUT2D eigenvalue weighted by Crippen LogP contribution is 2.41. The fourth-order valence-electron chi connectivity index (χ4n) is 2.68. The lowest BCUT2D eigenvalue weighted by Crippen LogP contribution is -2.35. The minimum absolute atomic E-state index is 0.424. The zero-order valence-corrected chi connectivity index (χ0v) is 14.7. The lowest BCUT2D eigenvalue weighted by Gasteiger charge is -2.36. The van der Waals surface area contributed by atoms with Crippen LogP contribution in [0.1, 0.15) is 38.3 Å². The summed E-state index contributed by atoms with van der Waals surface area (Å²) in [5.74, 6) is 2.24. The van der Waals surface area contributed by atoms with E-state index in [0.717, 1.165) is 16.2 Å². The average molecular weight is 324 g/mol. The first-order chi connectivity index (χ1) is 10.2. The minimum atomic E-state index is 0.424. The van der Waals surface area contributed by atoms with Crippen LogP contribution in [0, 0.1) is 0 Å². The van der Waals surface area contributed by atoms with E-state index >= 15 is 0 Å². The average Bonchev–Trinajstić information content (AvgIpc) is 3.29. The maximum Gasteiger partial charge on any atom is 0.119 e. The molecule has 116 valence electrons. The van der Waals surface area contributed by atoms with Crippen LogP contribution in [0.2, 0.25) is 0 Å². The van der Waals surface area contributed by atoms with Gasteiger partial charge in [-0.2, -0.15) is 23.5 Å². The third-order valence-electron chi connectivity index (χ3n) is 4.32. The maximum atomic E-state index is 5.84. The lowest BCUT2D eigenvalue weighted by atomic mass is 10.0. The largest absolute Gasteiger partial charge is 0.490 e. The third-order valence-corrected chi connectivity index (χ3v) is 7.82. The first kappa shape index (κ1) is 15.6. The summed E-state index contributed by atoms with van der Waals surface area (Å²) in [6.45, 7) is 4.70. The Morgan fingerprint density at radius 1 is 1.14 bits per heavy atom. The van der Waals surface area contributed by atoms with Crippen LogP contribution >= 0.6 is 23.5 Å². The summed E-state index contributed by atoms with van der Waals surface area (Å²) in [5.41, 5.74) is 1.38. The Morgan fingerprint density at radius 2 is 1.86 bits per heavy atom. The van der Waals surface area contributed by atoms with Crippen molar-refractivity contribution in [2.45, 2.75) is 54.6 Å². The molecule has 4 atom stereocenters. The molecule has 0 amide bonds. The monoisotopic (exact) mass is 323 g/mol. The molecule has 0 radical (unpaired) electrons. The molecule has 1 N–H and O–H groups in total. The van der Waals surface area contributed by atoms with Gasteiger partial charge in [-0.3, -0.25) is 0 Å². The van der Waals surface area contributed by atoms with Crippen molar-refractivity contribution in [2.75, 3.05) is 12.8 Å². The Morgan fingerprint density at radius 3 is 2.43 bits per heavy atom. The molecule has 1 heterocycles. The van der Waals surface area contributed by atoms with Crippen molar-refractivity contribution in [3.8, 4) is 5.75 Å². The summed E-state index contributed by atoms with van der Waals surface area (Å²) >= 11 is 4.24. The van der Waals surface area contributed by atoms with E-state index in [4.69, 9.17) is 4.74 Å². The Hall–Kier alpha value is -0.320. The SMILES string of the molecule is CNC(c1ccc(OC2CC2)cc1)C1CSC(C)C(C)S1. The highest BCUT2D eigenvalue weighted by Gasteiger charge is 2.31. The number of nitrogens with one attached hydrogen (secondary N) is 1. The molecule has 1 saturated carbocycles. The van der Waals surface area contributed by atoms with Crippen molar-refractivity contribution >= 4 is 23.5 Å². The molecular weight excluding hydrogens is 298 g/mol. The molecule has 4 unspecified atom stereocenters. The predicted molar refractivity (Wildman–Crippen MR) is 94.7 cm³/mol. The smallest absolute Gasteiger partial charge is 0.119 e. The summed E-state index contributed by atoms with van der Waals surface area (Å²) in [5, 5.41) is 5.65. The molecule has 3 rings (SSSR count). The van der Waals surface area contributed by atoms with Crippen molar-refractivity contribution in [3.05, 3.63) is 29.8 Å². The number of benzene rings is 1. The number of thioether (sulfide) groups is 2. The van der Waals surface area contributed by atoms with Gasteiger partial charge in [-0.25, -0.2) is 0 Å². The highest BCUT2D eigenvalue weighted by molar-refractivity contribution is 8.07. The number of rotatable bonds is 5. The van der Waals surface area contributed by atoms with Crippen LogP contribution in [0.25, 0.3) is 0 Å². The Balaban J connectivity index is 1.67. The van der Waals surface area contributed by atoms with Crippen LogP contribution in [-0.4, -0.2) is 34.7 Å². The van der Waals surface area contributed by atoms with Gasteiger partial charge in [0.2, 0.25) is 0 Å². The molecule has 2 nitrogen and oxygen atoms in total. The molecule has 1 saturated heterocycles. The number of hydrogen-bond donors (Lipinski definition) is 1. The molecule has 2 aliphatic rings. The summed E-state index contributed by atoms with van der Waals surface area (Å²) in [4.78, 5) is 0. The lowest BCUT2D eigenvalue weighted by molar-refractivity contribution is 0.303. The molecule has 0 bridgehead atoms. The quantitative estimate of drug-likeness (QED) is 0.880. The van der Waals surface area contributed by atoms with Crippen molar-refractivity contribution in [2.24, 2.45) is 0 Å². The zero-order chi connectivity index (χ0) is 14.8. The minimum Gasteiger partial charge on any atom is -0.490 e. The van der Waals surface area contributed by atoms with Gasteiger partial charge >= 0.3 is 0 Å². The molecule has 0 spiro atoms. The fraction of sp³-hybridized carbons (Fsp3) is 0.647. The van der Waals surface area contributed by atoms with E-state index in [1.165, 1.54) is 24.2 Å². The van der Waals surface area contributed by atoms with Gasteiger partial charge in [0.25, 0.3) is 0 Å². The Bertz CT molecular complexity index is 460. The van der Waals surface area contributed by atoms with E-state index < -0.39 is 0 Å². The van der Waals surface area contributed by atoms with Gasteiger partial charge in [0.1, 0.15) is 5.75 Å². The summed E-state index contributed by atoms with van der Waals surface area (Å²) in [6, 6.07) is 9.14. The maximum absolute atomic E-state index is 5.84. The summed E-state index contributed by atoms with van der Waals surface area (Å²) in [6.07, 6.45) is 2.91. The van der Waals surface area contributed by atoms with Crippen molar-refractivity contribution in [1.82, 2.24) is 5.32 Å². The first-order valence-electron chi connectivity index (χ1n) is 7.88. The van der Waals surface area contributed by atoms with Crippen LogP contribution in [0.15, 0.2) is 24.3 Å². The standard InChI is InChI=1S/C17H25NOS2/c1-11-12(2)21-16(10-20-11)17(18-3)13-4-6-14(7-5-13)19-15-8-9-15/h4-7,11-12,15-18H,8-10H2,1-3H3. The van der Waals surface area contributed by atoms with Crippen molar-refractivity contribution < 1.29 is 4.74 Å². The normalized spacial score (nSPS) is 30.9. The van der Waals surface area contributed by atoms with Crippen molar-refractivity contribution in [1.29, 1.82) is 0 Å². The van der Waals surface area contributed by atoms with Gasteiger partial charge in [0, 0.05) is 27.5 Å². The molecule has 1 aliphatic heterocycles. The molecule has 21 heavy (non-hydrogen) atoms. The molecule has 2 fully saturated rings. The third kappa shape index (κ3) is 3.91. The first-order valence-corrected chi connectivity index (χ1v) is 9.87. The Kier molecular flexibility index (Phi) is 5.07. The van der Waals surface area contributed by atoms with E-state index in [-0.39, 0.29) is 0 Å². The van der Waals surface area contributed by atoms with E-state index in [9.17, 15) is 0 Å². The van der Waals surface area contributed by atoms with Crippen LogP contribution in [0.4, 0.5) is 0 Å². The van der Waals surface area contributed by atoms with E-state index in [0.29, 0.717) is 17.4 Å². The van der Waals surface area contributed by atoms with E-state index in [1.54, 1.807) is 0 Å². The molecule has 0 aromatic heterocycles. The second kappa shape index (κ2) is 6.84. The number of ether oxygens (including phenoxy) is 1. The molecule has 1 aromatic carbocycles. The van der Waals surface area contributed by atoms with Gasteiger partial charge in [-0.05, 0) is 37.6 Å². The zero-order valence-electron chi connectivity index (χ0n) is 13.0. The van der Waals surface area contributed by atoms with E-state index in [2.05, 4.69) is 74.0 Å². The van der Waals surface area contributed by atoms with Crippen LogP contribution in [0.3, 0.4) is 0 Å². The summed E-state index contributed by atoms with van der Waals surface area (Å²) in [7, 11) is 2.08. The van der Waals surface area contributed by atoms with Crippen molar-refractivity contribution in [3.63, 3.8) is 0 Å². The van der Waals surface area contributed by atoms with Gasteiger partial charge in [-0.15, -0.1) is 0 Å². The van der Waals surface area contributed by atoms with Gasteiger partial charge in [0.15, 0.2) is 0 Å². The predicted octanol–water partition coefficient (Wildman–Crippen LogP) is 4.11. The molecular formula is C17H25NOS2. The van der Waals surface area contributed by atoms with Gasteiger partial charge < -0.3 is 10.1 Å². The highest BCUT2D eigenvalue weighted by atomic mass is 32.2. The fourth-order valence-corrected chi connectivity index (χ4v) is 5.84. The molecule has 1 aromatic rings. The second-order valence-electron chi connectivity index (χ2n) is 6.07. The topological polar surface area (TPSA) is 21.3 Å². The second-order valence-corrected chi connectivity index (χ2v) is 9.10. The molecule has 4 heteroatoms. The van der Waals surface area contributed by atoms with Gasteiger partial charge in [0.05, 0.1) is 6.10 Å². The van der Waals surface area contributed by atoms with Gasteiger partial charge in [-0.1, -0.05) is 26.0 Å². The molecule has 1 aliphatic carbocycles. The Labute approximate surface area is 136 Å². The van der Waals surface area contributed by atoms with Crippen LogP contribution in [-0.2, 0) is 0 Å². The van der Waals surface area contributed by atoms with Crippen LogP contribution in [0.5, 0.6) is 5.75 Å².